The molecule has 0 aliphatic rings. The molecule has 0 spiro atoms. The van der Waals surface area contributed by atoms with E-state index in [0.717, 1.165) is 17.0 Å². The number of fused-ring (bicyclic) bond motifs is 1. The Balaban J connectivity index is 2.77. The molecule has 0 amide bonds. The summed E-state index contributed by atoms with van der Waals surface area (Å²) in [5.74, 6) is 0.381. The van der Waals surface area contributed by atoms with Crippen molar-refractivity contribution in [3.8, 4) is 0 Å². The molecule has 0 saturated heterocycles. The van der Waals surface area contributed by atoms with Crippen LogP contribution in [0, 0.1) is 6.92 Å². The van der Waals surface area contributed by atoms with E-state index >= 15 is 0 Å². The zero-order chi connectivity index (χ0) is 9.42. The van der Waals surface area contributed by atoms with Gasteiger partial charge in [-0.15, -0.1) is 0 Å². The Morgan fingerprint density at radius 2 is 2.15 bits per heavy atom. The van der Waals surface area contributed by atoms with Crippen molar-refractivity contribution in [2.75, 3.05) is 0 Å². The molecule has 4 nitrogen and oxygen atoms in total. The average molecular weight is 176 g/mol. The summed E-state index contributed by atoms with van der Waals surface area (Å²) in [6.45, 7) is 6.18. The van der Waals surface area contributed by atoms with Gasteiger partial charge in [-0.05, 0) is 12.8 Å². The predicted molar refractivity (Wildman–Crippen MR) is 49.6 cm³/mol. The number of hydrogen-bond acceptors (Lipinski definition) is 3. The molecule has 0 aliphatic carbocycles. The van der Waals surface area contributed by atoms with E-state index in [2.05, 4.69) is 28.9 Å². The molecular weight excluding hydrogens is 164 g/mol. The van der Waals surface area contributed by atoms with Crippen LogP contribution in [0.25, 0.3) is 5.65 Å². The Morgan fingerprint density at radius 3 is 2.85 bits per heavy atom. The van der Waals surface area contributed by atoms with E-state index in [9.17, 15) is 0 Å². The lowest BCUT2D eigenvalue weighted by Gasteiger charge is -2.06. The van der Waals surface area contributed by atoms with Gasteiger partial charge in [0.1, 0.15) is 6.33 Å². The zero-order valence-corrected chi connectivity index (χ0v) is 8.02. The molecule has 0 N–H and O–H groups in total. The second kappa shape index (κ2) is 2.80. The van der Waals surface area contributed by atoms with Crippen LogP contribution in [0.4, 0.5) is 0 Å². The second-order valence-electron chi connectivity index (χ2n) is 3.45. The van der Waals surface area contributed by atoms with E-state index in [1.165, 1.54) is 0 Å². The van der Waals surface area contributed by atoms with Crippen LogP contribution in [0.15, 0.2) is 12.5 Å². The molecule has 0 aliphatic heterocycles. The predicted octanol–water partition coefficient (Wildman–Crippen LogP) is 1.56. The first-order valence-electron chi connectivity index (χ1n) is 4.35. The van der Waals surface area contributed by atoms with Crippen LogP contribution >= 0.6 is 0 Å². The topological polar surface area (TPSA) is 43.1 Å². The van der Waals surface area contributed by atoms with Crippen LogP contribution < -0.4 is 0 Å². The molecule has 0 saturated carbocycles. The molecule has 0 aromatic carbocycles. The molecule has 0 fully saturated rings. The van der Waals surface area contributed by atoms with Crippen molar-refractivity contribution in [1.82, 2.24) is 19.6 Å². The Kier molecular flexibility index (Phi) is 1.76. The molecule has 0 atom stereocenters. The van der Waals surface area contributed by atoms with Gasteiger partial charge < -0.3 is 0 Å². The summed E-state index contributed by atoms with van der Waals surface area (Å²) < 4.78 is 1.78. The number of rotatable bonds is 1. The van der Waals surface area contributed by atoms with Gasteiger partial charge in [0, 0.05) is 0 Å². The minimum absolute atomic E-state index is 0.381. The van der Waals surface area contributed by atoms with Crippen LogP contribution in [-0.4, -0.2) is 19.6 Å². The average Bonchev–Trinajstić information content (AvgIpc) is 2.49. The fraction of sp³-hybridized carbons (Fsp3) is 0.444. The van der Waals surface area contributed by atoms with Gasteiger partial charge in [-0.25, -0.2) is 9.50 Å². The van der Waals surface area contributed by atoms with Crippen LogP contribution in [-0.2, 0) is 0 Å². The maximum atomic E-state index is 4.45. The highest BCUT2D eigenvalue weighted by Gasteiger charge is 2.09. The van der Waals surface area contributed by atoms with Gasteiger partial charge in [0.05, 0.1) is 17.6 Å². The summed E-state index contributed by atoms with van der Waals surface area (Å²) in [6.07, 6.45) is 3.44. The van der Waals surface area contributed by atoms with Crippen LogP contribution in [0.3, 0.4) is 0 Å². The highest BCUT2D eigenvalue weighted by atomic mass is 15.3. The normalized spacial score (nSPS) is 11.4. The summed E-state index contributed by atoms with van der Waals surface area (Å²) in [6, 6.07) is 0. The van der Waals surface area contributed by atoms with Gasteiger partial charge in [0.15, 0.2) is 5.65 Å². The van der Waals surface area contributed by atoms with Crippen LogP contribution in [0.1, 0.15) is 31.2 Å². The van der Waals surface area contributed by atoms with E-state index in [-0.39, 0.29) is 0 Å². The van der Waals surface area contributed by atoms with E-state index in [1.54, 1.807) is 10.8 Å². The van der Waals surface area contributed by atoms with Crippen molar-refractivity contribution < 1.29 is 0 Å². The van der Waals surface area contributed by atoms with Crippen molar-refractivity contribution in [1.29, 1.82) is 0 Å². The molecule has 13 heavy (non-hydrogen) atoms. The third kappa shape index (κ3) is 1.28. The first-order chi connectivity index (χ1) is 6.18. The van der Waals surface area contributed by atoms with Crippen LogP contribution in [0.2, 0.25) is 0 Å². The zero-order valence-electron chi connectivity index (χ0n) is 8.02. The summed E-state index contributed by atoms with van der Waals surface area (Å²) in [7, 11) is 0. The van der Waals surface area contributed by atoms with Gasteiger partial charge in [-0.2, -0.15) is 5.10 Å². The standard InChI is InChI=1S/C9H12N4/c1-6(2)8-9-10-5-11-13(9)4-7(3)12-8/h4-6H,1-3H3. The summed E-state index contributed by atoms with van der Waals surface area (Å²) in [4.78, 5) is 8.62. The van der Waals surface area contributed by atoms with E-state index < -0.39 is 0 Å². The van der Waals surface area contributed by atoms with Crippen molar-refractivity contribution in [2.24, 2.45) is 0 Å². The largest absolute Gasteiger partial charge is 0.252 e. The highest BCUT2D eigenvalue weighted by molar-refractivity contribution is 5.44. The van der Waals surface area contributed by atoms with Crippen molar-refractivity contribution in [3.05, 3.63) is 23.9 Å². The second-order valence-corrected chi connectivity index (χ2v) is 3.45. The molecule has 0 unspecified atom stereocenters. The Hall–Kier alpha value is -1.45. The maximum absolute atomic E-state index is 4.45. The van der Waals surface area contributed by atoms with Gasteiger partial charge in [-0.1, -0.05) is 13.8 Å². The number of hydrogen-bond donors (Lipinski definition) is 0. The highest BCUT2D eigenvalue weighted by Crippen LogP contribution is 2.16. The fourth-order valence-corrected chi connectivity index (χ4v) is 1.36. The minimum atomic E-state index is 0.381. The quantitative estimate of drug-likeness (QED) is 0.662. The fourth-order valence-electron chi connectivity index (χ4n) is 1.36. The molecular formula is C9H12N4. The Morgan fingerprint density at radius 1 is 1.38 bits per heavy atom. The molecule has 68 valence electrons. The molecule has 4 heteroatoms. The summed E-state index contributed by atoms with van der Waals surface area (Å²) >= 11 is 0. The third-order valence-electron chi connectivity index (χ3n) is 1.95. The van der Waals surface area contributed by atoms with Gasteiger partial charge in [0.25, 0.3) is 0 Å². The molecule has 2 rings (SSSR count). The molecule has 0 radical (unpaired) electrons. The third-order valence-corrected chi connectivity index (χ3v) is 1.95. The first-order valence-corrected chi connectivity index (χ1v) is 4.35. The lowest BCUT2D eigenvalue weighted by Crippen LogP contribution is -2.01. The smallest absolute Gasteiger partial charge is 0.177 e. The minimum Gasteiger partial charge on any atom is -0.252 e. The van der Waals surface area contributed by atoms with Gasteiger partial charge in [0.2, 0.25) is 0 Å². The lowest BCUT2D eigenvalue weighted by atomic mass is 10.1. The van der Waals surface area contributed by atoms with Gasteiger partial charge >= 0.3 is 0 Å². The van der Waals surface area contributed by atoms with Crippen molar-refractivity contribution in [2.45, 2.75) is 26.7 Å². The monoisotopic (exact) mass is 176 g/mol. The number of aryl methyl sites for hydroxylation is 1. The molecule has 2 aromatic heterocycles. The van der Waals surface area contributed by atoms with E-state index in [1.807, 2.05) is 13.1 Å². The summed E-state index contributed by atoms with van der Waals surface area (Å²) in [5.41, 5.74) is 2.85. The van der Waals surface area contributed by atoms with Crippen LogP contribution in [0.5, 0.6) is 0 Å². The molecule has 2 heterocycles. The Bertz CT molecular complexity index is 430. The van der Waals surface area contributed by atoms with E-state index in [0.29, 0.717) is 5.92 Å². The van der Waals surface area contributed by atoms with Crippen molar-refractivity contribution >= 4 is 5.65 Å². The first kappa shape index (κ1) is 8.16. The number of aromatic nitrogens is 4. The lowest BCUT2D eigenvalue weighted by molar-refractivity contribution is 0.795. The number of nitrogens with zero attached hydrogens (tertiary/aromatic N) is 4. The van der Waals surface area contributed by atoms with Gasteiger partial charge in [-0.3, -0.25) is 4.98 Å². The molecule has 0 bridgehead atoms. The summed E-state index contributed by atoms with van der Waals surface area (Å²) in [5, 5.41) is 4.09. The molecule has 2 aromatic rings. The van der Waals surface area contributed by atoms with Crippen molar-refractivity contribution in [3.63, 3.8) is 0 Å². The maximum Gasteiger partial charge on any atom is 0.177 e. The SMILES string of the molecule is Cc1cn2ncnc2c(C(C)C)n1. The Labute approximate surface area is 76.6 Å². The van der Waals surface area contributed by atoms with E-state index in [4.69, 9.17) is 0 Å².